The van der Waals surface area contributed by atoms with Gasteiger partial charge in [0.05, 0.1) is 11.4 Å². The van der Waals surface area contributed by atoms with Crippen molar-refractivity contribution in [2.75, 3.05) is 11.9 Å². The smallest absolute Gasteiger partial charge is 0.129 e. The minimum Gasteiger partial charge on any atom is -0.383 e. The van der Waals surface area contributed by atoms with Gasteiger partial charge in [0.15, 0.2) is 0 Å². The second-order valence-corrected chi connectivity index (χ2v) is 3.15. The Labute approximate surface area is 70.6 Å². The van der Waals surface area contributed by atoms with Crippen LogP contribution in [0.15, 0.2) is 6.07 Å². The maximum atomic E-state index is 5.79. The van der Waals surface area contributed by atoms with Crippen LogP contribution in [-0.2, 0) is 6.42 Å². The maximum Gasteiger partial charge on any atom is 0.129 e. The molecule has 1 aromatic heterocycles. The molecule has 0 atom stereocenters. The van der Waals surface area contributed by atoms with Crippen LogP contribution in [0.5, 0.6) is 0 Å². The van der Waals surface area contributed by atoms with Crippen LogP contribution in [0, 0.1) is 6.92 Å². The molecular formula is C8H9ClN2. The molecule has 2 rings (SSSR count). The number of hydrogen-bond acceptors (Lipinski definition) is 2. The number of halogens is 1. The molecule has 11 heavy (non-hydrogen) atoms. The first kappa shape index (κ1) is 6.92. The molecular weight excluding hydrogens is 160 g/mol. The van der Waals surface area contributed by atoms with E-state index >= 15 is 0 Å². The molecule has 1 aliphatic heterocycles. The summed E-state index contributed by atoms with van der Waals surface area (Å²) in [4.78, 5) is 4.22. The number of aromatic nitrogens is 1. The summed E-state index contributed by atoms with van der Waals surface area (Å²) in [5.41, 5.74) is 3.47. The highest BCUT2D eigenvalue weighted by molar-refractivity contribution is 6.29. The molecule has 0 aliphatic carbocycles. The van der Waals surface area contributed by atoms with E-state index in [1.807, 2.05) is 13.0 Å². The van der Waals surface area contributed by atoms with Gasteiger partial charge in [0, 0.05) is 13.0 Å². The van der Waals surface area contributed by atoms with Crippen molar-refractivity contribution in [3.05, 3.63) is 22.5 Å². The Kier molecular flexibility index (Phi) is 1.50. The largest absolute Gasteiger partial charge is 0.383 e. The highest BCUT2D eigenvalue weighted by Crippen LogP contribution is 2.26. The molecule has 0 unspecified atom stereocenters. The van der Waals surface area contributed by atoms with Crippen molar-refractivity contribution in [3.8, 4) is 0 Å². The minimum atomic E-state index is 0.602. The zero-order valence-electron chi connectivity index (χ0n) is 6.32. The fraction of sp³-hybridized carbons (Fsp3) is 0.375. The van der Waals surface area contributed by atoms with Gasteiger partial charge in [-0.25, -0.2) is 4.98 Å². The van der Waals surface area contributed by atoms with Crippen molar-refractivity contribution in [2.24, 2.45) is 0 Å². The summed E-state index contributed by atoms with van der Waals surface area (Å²) in [5, 5.41) is 3.88. The van der Waals surface area contributed by atoms with E-state index in [9.17, 15) is 0 Å². The maximum absolute atomic E-state index is 5.79. The van der Waals surface area contributed by atoms with Gasteiger partial charge < -0.3 is 5.32 Å². The molecule has 0 saturated heterocycles. The normalized spacial score (nSPS) is 14.4. The van der Waals surface area contributed by atoms with Crippen LogP contribution in [0.2, 0.25) is 5.15 Å². The molecule has 1 N–H and O–H groups in total. The summed E-state index contributed by atoms with van der Waals surface area (Å²) in [6, 6.07) is 1.89. The molecule has 0 fully saturated rings. The zero-order valence-corrected chi connectivity index (χ0v) is 7.07. The summed E-state index contributed by atoms with van der Waals surface area (Å²) in [5.74, 6) is 0. The summed E-state index contributed by atoms with van der Waals surface area (Å²) >= 11 is 5.79. The number of nitrogens with one attached hydrogen (secondary N) is 1. The van der Waals surface area contributed by atoms with E-state index in [0.717, 1.165) is 18.7 Å². The average Bonchev–Trinajstić information content (AvgIpc) is 2.34. The monoisotopic (exact) mass is 168 g/mol. The van der Waals surface area contributed by atoms with E-state index in [4.69, 9.17) is 11.6 Å². The Balaban J connectivity index is 2.60. The number of anilines is 1. The second kappa shape index (κ2) is 2.38. The molecule has 58 valence electrons. The van der Waals surface area contributed by atoms with Crippen LogP contribution in [0.4, 0.5) is 5.69 Å². The fourth-order valence-corrected chi connectivity index (χ4v) is 1.69. The molecule has 0 aromatic carbocycles. The first-order chi connectivity index (χ1) is 5.27. The molecule has 0 radical (unpaired) electrons. The van der Waals surface area contributed by atoms with E-state index in [0.29, 0.717) is 5.15 Å². The lowest BCUT2D eigenvalue weighted by atomic mass is 10.2. The summed E-state index contributed by atoms with van der Waals surface area (Å²) in [7, 11) is 0. The van der Waals surface area contributed by atoms with Crippen LogP contribution < -0.4 is 5.32 Å². The molecule has 0 bridgehead atoms. The van der Waals surface area contributed by atoms with E-state index in [1.54, 1.807) is 0 Å². The number of nitrogens with zero attached hydrogens (tertiary/aromatic N) is 1. The second-order valence-electron chi connectivity index (χ2n) is 2.76. The van der Waals surface area contributed by atoms with E-state index in [1.165, 1.54) is 11.3 Å². The molecule has 3 heteroatoms. The standard InChI is InChI=1S/C8H9ClN2/c1-5-4-7(9)11-6-2-3-10-8(5)6/h4,10H,2-3H2,1H3. The van der Waals surface area contributed by atoms with Crippen molar-refractivity contribution in [1.82, 2.24) is 4.98 Å². The minimum absolute atomic E-state index is 0.602. The predicted octanol–water partition coefficient (Wildman–Crippen LogP) is 2.01. The molecule has 1 aromatic rings. The predicted molar refractivity (Wildman–Crippen MR) is 46.2 cm³/mol. The van der Waals surface area contributed by atoms with Crippen LogP contribution in [0.25, 0.3) is 0 Å². The molecule has 0 spiro atoms. The van der Waals surface area contributed by atoms with Crippen molar-refractivity contribution < 1.29 is 0 Å². The van der Waals surface area contributed by atoms with Crippen molar-refractivity contribution in [1.29, 1.82) is 0 Å². The molecule has 0 saturated carbocycles. The quantitative estimate of drug-likeness (QED) is 0.600. The van der Waals surface area contributed by atoms with Gasteiger partial charge in [0.1, 0.15) is 5.15 Å². The van der Waals surface area contributed by atoms with Gasteiger partial charge in [-0.1, -0.05) is 11.6 Å². The van der Waals surface area contributed by atoms with Gasteiger partial charge in [-0.05, 0) is 18.6 Å². The summed E-state index contributed by atoms with van der Waals surface area (Å²) in [6.07, 6.45) is 0.997. The van der Waals surface area contributed by atoms with Gasteiger partial charge in [0.25, 0.3) is 0 Å². The van der Waals surface area contributed by atoms with Crippen molar-refractivity contribution >= 4 is 17.3 Å². The van der Waals surface area contributed by atoms with E-state index in [-0.39, 0.29) is 0 Å². The van der Waals surface area contributed by atoms with Gasteiger partial charge in [-0.15, -0.1) is 0 Å². The Morgan fingerprint density at radius 2 is 2.45 bits per heavy atom. The Bertz CT molecular complexity index is 296. The third-order valence-corrected chi connectivity index (χ3v) is 2.12. The van der Waals surface area contributed by atoms with Gasteiger partial charge in [0.2, 0.25) is 0 Å². The first-order valence-corrected chi connectivity index (χ1v) is 4.05. The average molecular weight is 169 g/mol. The Morgan fingerprint density at radius 3 is 3.27 bits per heavy atom. The number of hydrogen-bond donors (Lipinski definition) is 1. The topological polar surface area (TPSA) is 24.9 Å². The summed E-state index contributed by atoms with van der Waals surface area (Å²) < 4.78 is 0. The number of fused-ring (bicyclic) bond motifs is 1. The Morgan fingerprint density at radius 1 is 1.64 bits per heavy atom. The van der Waals surface area contributed by atoms with Crippen molar-refractivity contribution in [3.63, 3.8) is 0 Å². The number of rotatable bonds is 0. The summed E-state index contributed by atoms with van der Waals surface area (Å²) in [6.45, 7) is 3.04. The lowest BCUT2D eigenvalue weighted by Crippen LogP contribution is -1.92. The van der Waals surface area contributed by atoms with E-state index in [2.05, 4.69) is 10.3 Å². The first-order valence-electron chi connectivity index (χ1n) is 3.67. The molecule has 1 aliphatic rings. The lowest BCUT2D eigenvalue weighted by Gasteiger charge is -2.02. The Hall–Kier alpha value is -0.760. The van der Waals surface area contributed by atoms with Crippen LogP contribution in [0.1, 0.15) is 11.3 Å². The zero-order chi connectivity index (χ0) is 7.84. The highest BCUT2D eigenvalue weighted by Gasteiger charge is 2.13. The SMILES string of the molecule is Cc1cc(Cl)nc2c1NCC2. The fourth-order valence-electron chi connectivity index (χ4n) is 1.42. The van der Waals surface area contributed by atoms with E-state index < -0.39 is 0 Å². The number of pyridine rings is 1. The van der Waals surface area contributed by atoms with Crippen LogP contribution >= 0.6 is 11.6 Å². The van der Waals surface area contributed by atoms with Gasteiger partial charge in [-0.2, -0.15) is 0 Å². The molecule has 2 nitrogen and oxygen atoms in total. The third-order valence-electron chi connectivity index (χ3n) is 1.92. The lowest BCUT2D eigenvalue weighted by molar-refractivity contribution is 1.04. The van der Waals surface area contributed by atoms with Crippen LogP contribution in [0.3, 0.4) is 0 Å². The molecule has 0 amide bonds. The van der Waals surface area contributed by atoms with Crippen LogP contribution in [-0.4, -0.2) is 11.5 Å². The van der Waals surface area contributed by atoms with Gasteiger partial charge in [-0.3, -0.25) is 0 Å². The van der Waals surface area contributed by atoms with Crippen molar-refractivity contribution in [2.45, 2.75) is 13.3 Å². The molecule has 2 heterocycles. The van der Waals surface area contributed by atoms with Gasteiger partial charge >= 0.3 is 0 Å². The highest BCUT2D eigenvalue weighted by atomic mass is 35.5. The number of aryl methyl sites for hydroxylation is 1. The third kappa shape index (κ3) is 1.07.